The molecule has 0 saturated carbocycles. The maximum atomic E-state index is 11.9. The van der Waals surface area contributed by atoms with Crippen molar-refractivity contribution < 1.29 is 9.59 Å². The first-order valence-electron chi connectivity index (χ1n) is 6.89. The van der Waals surface area contributed by atoms with E-state index in [1.807, 2.05) is 37.2 Å². The Morgan fingerprint density at radius 1 is 0.870 bits per heavy atom. The Hall–Kier alpha value is -3.33. The minimum Gasteiger partial charge on any atom is -0.378 e. The maximum absolute atomic E-state index is 11.9. The van der Waals surface area contributed by atoms with E-state index in [1.165, 1.54) is 0 Å². The zero-order valence-electron chi connectivity index (χ0n) is 12.8. The fraction of sp³-hybridized carbons (Fsp3) is 0.118. The Bertz CT molecular complexity index is 744. The van der Waals surface area contributed by atoms with E-state index in [1.54, 1.807) is 36.4 Å². The van der Waals surface area contributed by atoms with Crippen LogP contribution in [0.3, 0.4) is 0 Å². The van der Waals surface area contributed by atoms with Crippen LogP contribution in [-0.2, 0) is 9.59 Å². The van der Waals surface area contributed by atoms with Gasteiger partial charge in [-0.05, 0) is 48.5 Å². The Balaban J connectivity index is 1.96. The third kappa shape index (κ3) is 4.32. The molecule has 0 bridgehead atoms. The second-order valence-electron chi connectivity index (χ2n) is 5.04. The Morgan fingerprint density at radius 2 is 1.30 bits per heavy atom. The molecule has 0 radical (unpaired) electrons. The number of hydrogen-bond acceptors (Lipinski definition) is 4. The van der Waals surface area contributed by atoms with Gasteiger partial charge in [-0.25, -0.2) is 0 Å². The molecule has 0 spiro atoms. The predicted octanol–water partition coefficient (Wildman–Crippen LogP) is 2.20. The molecule has 2 aromatic rings. The van der Waals surface area contributed by atoms with Crippen LogP contribution in [0.15, 0.2) is 48.5 Å². The topological polar surface area (TPSA) is 85.2 Å². The molecule has 116 valence electrons. The van der Waals surface area contributed by atoms with Crippen LogP contribution in [0.25, 0.3) is 0 Å². The van der Waals surface area contributed by atoms with Crippen molar-refractivity contribution >= 4 is 28.9 Å². The number of nitriles is 1. The zero-order valence-corrected chi connectivity index (χ0v) is 12.8. The molecule has 0 saturated heterocycles. The monoisotopic (exact) mass is 308 g/mol. The second-order valence-corrected chi connectivity index (χ2v) is 5.04. The molecular weight excluding hydrogens is 292 g/mol. The number of benzene rings is 2. The van der Waals surface area contributed by atoms with E-state index in [0.717, 1.165) is 5.69 Å². The number of anilines is 3. The zero-order chi connectivity index (χ0) is 16.8. The first kappa shape index (κ1) is 16.0. The van der Waals surface area contributed by atoms with Crippen molar-refractivity contribution in [1.29, 1.82) is 5.26 Å². The van der Waals surface area contributed by atoms with E-state index in [-0.39, 0.29) is 0 Å². The van der Waals surface area contributed by atoms with Crippen LogP contribution in [0.1, 0.15) is 5.56 Å². The number of rotatable bonds is 3. The van der Waals surface area contributed by atoms with Gasteiger partial charge in [0.2, 0.25) is 0 Å². The van der Waals surface area contributed by atoms with Crippen molar-refractivity contribution in [2.75, 3.05) is 29.6 Å². The predicted molar refractivity (Wildman–Crippen MR) is 89.2 cm³/mol. The van der Waals surface area contributed by atoms with Gasteiger partial charge in [0, 0.05) is 31.2 Å². The molecule has 0 fully saturated rings. The molecule has 2 rings (SSSR count). The van der Waals surface area contributed by atoms with Gasteiger partial charge in [-0.15, -0.1) is 0 Å². The van der Waals surface area contributed by atoms with Crippen LogP contribution in [0.4, 0.5) is 17.1 Å². The average molecular weight is 308 g/mol. The maximum Gasteiger partial charge on any atom is 0.314 e. The SMILES string of the molecule is CN(C)c1ccc(NC(=O)C(=O)Nc2ccc(C#N)cc2)cc1. The summed E-state index contributed by atoms with van der Waals surface area (Å²) in [6, 6.07) is 15.4. The molecule has 0 unspecified atom stereocenters. The van der Waals surface area contributed by atoms with Crippen LogP contribution < -0.4 is 15.5 Å². The molecular formula is C17H16N4O2. The van der Waals surface area contributed by atoms with Gasteiger partial charge in [0.1, 0.15) is 0 Å². The summed E-state index contributed by atoms with van der Waals surface area (Å²) in [4.78, 5) is 25.7. The first-order chi connectivity index (χ1) is 11.0. The summed E-state index contributed by atoms with van der Waals surface area (Å²) in [5.41, 5.74) is 2.46. The quantitative estimate of drug-likeness (QED) is 0.851. The number of amides is 2. The summed E-state index contributed by atoms with van der Waals surface area (Å²) in [5.74, 6) is -1.53. The van der Waals surface area contributed by atoms with Gasteiger partial charge in [0.25, 0.3) is 0 Å². The van der Waals surface area contributed by atoms with Gasteiger partial charge in [0.05, 0.1) is 11.6 Å². The van der Waals surface area contributed by atoms with Crippen molar-refractivity contribution in [1.82, 2.24) is 0 Å². The van der Waals surface area contributed by atoms with Crippen molar-refractivity contribution in [3.05, 3.63) is 54.1 Å². The van der Waals surface area contributed by atoms with Crippen LogP contribution in [0, 0.1) is 11.3 Å². The fourth-order valence-corrected chi connectivity index (χ4v) is 1.85. The van der Waals surface area contributed by atoms with Crippen molar-refractivity contribution in [3.8, 4) is 6.07 Å². The van der Waals surface area contributed by atoms with Gasteiger partial charge < -0.3 is 15.5 Å². The van der Waals surface area contributed by atoms with E-state index in [4.69, 9.17) is 5.26 Å². The van der Waals surface area contributed by atoms with Gasteiger partial charge in [-0.3, -0.25) is 9.59 Å². The fourth-order valence-electron chi connectivity index (χ4n) is 1.85. The lowest BCUT2D eigenvalue weighted by atomic mass is 10.2. The normalized spacial score (nSPS) is 9.61. The highest BCUT2D eigenvalue weighted by Gasteiger charge is 2.14. The van der Waals surface area contributed by atoms with E-state index in [2.05, 4.69) is 10.6 Å². The van der Waals surface area contributed by atoms with Gasteiger partial charge in [0.15, 0.2) is 0 Å². The number of nitrogens with one attached hydrogen (secondary N) is 2. The molecule has 23 heavy (non-hydrogen) atoms. The molecule has 0 aliphatic carbocycles. The summed E-state index contributed by atoms with van der Waals surface area (Å²) in [7, 11) is 3.83. The lowest BCUT2D eigenvalue weighted by Crippen LogP contribution is -2.29. The summed E-state index contributed by atoms with van der Waals surface area (Å²) < 4.78 is 0. The number of carbonyl (C=O) groups excluding carboxylic acids is 2. The van der Waals surface area contributed by atoms with E-state index in [9.17, 15) is 9.59 Å². The lowest BCUT2D eigenvalue weighted by Gasteiger charge is -2.13. The molecule has 0 aliphatic rings. The Kier molecular flexibility index (Phi) is 4.95. The summed E-state index contributed by atoms with van der Waals surface area (Å²) in [5, 5.41) is 13.7. The summed E-state index contributed by atoms with van der Waals surface area (Å²) in [6.45, 7) is 0. The number of nitrogens with zero attached hydrogens (tertiary/aromatic N) is 2. The van der Waals surface area contributed by atoms with Gasteiger partial charge >= 0.3 is 11.8 Å². The highest BCUT2D eigenvalue weighted by Crippen LogP contribution is 2.15. The number of hydrogen-bond donors (Lipinski definition) is 2. The molecule has 0 atom stereocenters. The standard InChI is InChI=1S/C17H16N4O2/c1-21(2)15-9-7-14(8-10-15)20-17(23)16(22)19-13-5-3-12(11-18)4-6-13/h3-10H,1-2H3,(H,19,22)(H,20,23). The van der Waals surface area contributed by atoms with Crippen molar-refractivity contribution in [2.45, 2.75) is 0 Å². The van der Waals surface area contributed by atoms with Crippen LogP contribution >= 0.6 is 0 Å². The minimum atomic E-state index is -0.772. The molecule has 2 aromatic carbocycles. The molecule has 6 nitrogen and oxygen atoms in total. The largest absolute Gasteiger partial charge is 0.378 e. The van der Waals surface area contributed by atoms with E-state index >= 15 is 0 Å². The van der Waals surface area contributed by atoms with Gasteiger partial charge in [-0.2, -0.15) is 5.26 Å². The first-order valence-corrected chi connectivity index (χ1v) is 6.89. The third-order valence-electron chi connectivity index (χ3n) is 3.12. The van der Waals surface area contributed by atoms with E-state index in [0.29, 0.717) is 16.9 Å². The molecule has 0 heterocycles. The molecule has 6 heteroatoms. The van der Waals surface area contributed by atoms with Crippen LogP contribution in [0.2, 0.25) is 0 Å². The molecule has 0 aliphatic heterocycles. The summed E-state index contributed by atoms with van der Waals surface area (Å²) >= 11 is 0. The van der Waals surface area contributed by atoms with Crippen molar-refractivity contribution in [2.24, 2.45) is 0 Å². The number of carbonyl (C=O) groups is 2. The van der Waals surface area contributed by atoms with Crippen LogP contribution in [-0.4, -0.2) is 25.9 Å². The highest BCUT2D eigenvalue weighted by atomic mass is 16.2. The average Bonchev–Trinajstić information content (AvgIpc) is 2.56. The van der Waals surface area contributed by atoms with Crippen molar-refractivity contribution in [3.63, 3.8) is 0 Å². The Labute approximate surface area is 134 Å². The highest BCUT2D eigenvalue weighted by molar-refractivity contribution is 6.43. The summed E-state index contributed by atoms with van der Waals surface area (Å²) in [6.07, 6.45) is 0. The smallest absolute Gasteiger partial charge is 0.314 e. The molecule has 2 amide bonds. The van der Waals surface area contributed by atoms with E-state index < -0.39 is 11.8 Å². The minimum absolute atomic E-state index is 0.451. The lowest BCUT2D eigenvalue weighted by molar-refractivity contribution is -0.132. The second kappa shape index (κ2) is 7.09. The molecule has 2 N–H and O–H groups in total. The third-order valence-corrected chi connectivity index (χ3v) is 3.12. The van der Waals surface area contributed by atoms with Crippen LogP contribution in [0.5, 0.6) is 0 Å². The Morgan fingerprint density at radius 3 is 1.70 bits per heavy atom. The molecule has 0 aromatic heterocycles. The van der Waals surface area contributed by atoms with Gasteiger partial charge in [-0.1, -0.05) is 0 Å².